The van der Waals surface area contributed by atoms with Crippen molar-refractivity contribution in [1.82, 2.24) is 10.3 Å². The lowest BCUT2D eigenvalue weighted by molar-refractivity contribution is 0.480. The number of aryl methyl sites for hydroxylation is 1. The van der Waals surface area contributed by atoms with E-state index in [1.54, 1.807) is 6.20 Å². The average Bonchev–Trinajstić information content (AvgIpc) is 2.41. The lowest BCUT2D eigenvalue weighted by Gasteiger charge is -2.08. The molecular weight excluding hydrogens is 304 g/mol. The van der Waals surface area contributed by atoms with Gasteiger partial charge in [-0.3, -0.25) is 4.98 Å². The third-order valence-electron chi connectivity index (χ3n) is 2.71. The van der Waals surface area contributed by atoms with E-state index in [0.29, 0.717) is 0 Å². The molecule has 0 atom stereocenters. The summed E-state index contributed by atoms with van der Waals surface area (Å²) in [5, 5.41) is 3.25. The van der Waals surface area contributed by atoms with Crippen LogP contribution in [-0.4, -0.2) is 11.5 Å². The number of pyridine rings is 1. The first-order valence-corrected chi connectivity index (χ1v) is 7.08. The molecule has 0 saturated heterocycles. The summed E-state index contributed by atoms with van der Waals surface area (Å²) in [4.78, 5) is 4.30. The molecule has 0 aliphatic carbocycles. The fourth-order valence-corrected chi connectivity index (χ4v) is 1.93. The largest absolute Gasteiger partial charge is 0.457 e. The van der Waals surface area contributed by atoms with E-state index in [2.05, 4.69) is 33.2 Å². The summed E-state index contributed by atoms with van der Waals surface area (Å²) in [6, 6.07) is 9.77. The molecule has 3 nitrogen and oxygen atoms in total. The third kappa shape index (κ3) is 4.04. The van der Waals surface area contributed by atoms with Crippen LogP contribution in [0.25, 0.3) is 0 Å². The minimum Gasteiger partial charge on any atom is -0.457 e. The van der Waals surface area contributed by atoms with Crippen LogP contribution in [0.5, 0.6) is 11.5 Å². The number of hydrogen-bond donors (Lipinski definition) is 1. The highest BCUT2D eigenvalue weighted by Crippen LogP contribution is 2.26. The number of halogens is 1. The van der Waals surface area contributed by atoms with Gasteiger partial charge in [-0.1, -0.05) is 22.9 Å². The van der Waals surface area contributed by atoms with Crippen LogP contribution in [-0.2, 0) is 6.54 Å². The van der Waals surface area contributed by atoms with E-state index in [-0.39, 0.29) is 0 Å². The second-order valence-electron chi connectivity index (χ2n) is 4.28. The van der Waals surface area contributed by atoms with Gasteiger partial charge < -0.3 is 10.1 Å². The summed E-state index contributed by atoms with van der Waals surface area (Å²) in [5.74, 6) is 1.64. The number of benzene rings is 1. The van der Waals surface area contributed by atoms with Crippen molar-refractivity contribution in [1.29, 1.82) is 0 Å². The van der Waals surface area contributed by atoms with Crippen LogP contribution in [0, 0.1) is 6.92 Å². The van der Waals surface area contributed by atoms with E-state index in [4.69, 9.17) is 4.74 Å². The Morgan fingerprint density at radius 3 is 2.74 bits per heavy atom. The van der Waals surface area contributed by atoms with E-state index in [1.165, 1.54) is 0 Å². The van der Waals surface area contributed by atoms with Crippen molar-refractivity contribution in [2.75, 3.05) is 6.54 Å². The number of ether oxygens (including phenoxy) is 1. The molecule has 0 aliphatic heterocycles. The molecule has 0 fully saturated rings. The molecule has 19 heavy (non-hydrogen) atoms. The van der Waals surface area contributed by atoms with Crippen LogP contribution in [0.2, 0.25) is 0 Å². The maximum atomic E-state index is 5.85. The molecule has 100 valence electrons. The number of nitrogens with one attached hydrogen (secondary N) is 1. The molecule has 1 heterocycles. The molecule has 1 N–H and O–H groups in total. The molecule has 4 heteroatoms. The lowest BCUT2D eigenvalue weighted by atomic mass is 10.2. The number of hydrogen-bond acceptors (Lipinski definition) is 3. The first-order chi connectivity index (χ1) is 9.19. The van der Waals surface area contributed by atoms with Gasteiger partial charge in [0.25, 0.3) is 0 Å². The number of nitrogens with zero attached hydrogens (tertiary/aromatic N) is 1. The average molecular weight is 321 g/mol. The Balaban J connectivity index is 2.11. The van der Waals surface area contributed by atoms with Crippen molar-refractivity contribution in [3.63, 3.8) is 0 Å². The lowest BCUT2D eigenvalue weighted by Crippen LogP contribution is -2.12. The van der Waals surface area contributed by atoms with Gasteiger partial charge in [-0.25, -0.2) is 0 Å². The topological polar surface area (TPSA) is 34.1 Å². The summed E-state index contributed by atoms with van der Waals surface area (Å²) in [6.07, 6.45) is 1.77. The van der Waals surface area contributed by atoms with E-state index in [0.717, 1.165) is 40.3 Å². The Morgan fingerprint density at radius 1 is 1.21 bits per heavy atom. The SMILES string of the molecule is CCNCc1cc(Oc2ccc(Br)c(C)c2)ccn1. The van der Waals surface area contributed by atoms with Gasteiger partial charge in [-0.15, -0.1) is 0 Å². The van der Waals surface area contributed by atoms with Gasteiger partial charge in [0.1, 0.15) is 11.5 Å². The van der Waals surface area contributed by atoms with Crippen LogP contribution in [0.4, 0.5) is 0 Å². The highest BCUT2D eigenvalue weighted by atomic mass is 79.9. The second-order valence-corrected chi connectivity index (χ2v) is 5.13. The minimum atomic E-state index is 0.757. The monoisotopic (exact) mass is 320 g/mol. The zero-order valence-corrected chi connectivity index (χ0v) is 12.7. The van der Waals surface area contributed by atoms with Gasteiger partial charge in [0.05, 0.1) is 5.69 Å². The highest BCUT2D eigenvalue weighted by Gasteiger charge is 2.02. The summed E-state index contributed by atoms with van der Waals surface area (Å²) in [7, 11) is 0. The van der Waals surface area contributed by atoms with Crippen molar-refractivity contribution in [2.45, 2.75) is 20.4 Å². The zero-order chi connectivity index (χ0) is 13.7. The van der Waals surface area contributed by atoms with Crippen LogP contribution < -0.4 is 10.1 Å². The van der Waals surface area contributed by atoms with Crippen LogP contribution in [0.15, 0.2) is 41.0 Å². The maximum Gasteiger partial charge on any atom is 0.130 e. The maximum absolute atomic E-state index is 5.85. The minimum absolute atomic E-state index is 0.757. The molecule has 2 rings (SSSR count). The Labute approximate surface area is 122 Å². The summed E-state index contributed by atoms with van der Waals surface area (Å²) in [5.41, 5.74) is 2.13. The summed E-state index contributed by atoms with van der Waals surface area (Å²) < 4.78 is 6.93. The van der Waals surface area contributed by atoms with Crippen molar-refractivity contribution >= 4 is 15.9 Å². The normalized spacial score (nSPS) is 10.5. The Hall–Kier alpha value is -1.39. The highest BCUT2D eigenvalue weighted by molar-refractivity contribution is 9.10. The molecule has 0 bridgehead atoms. The molecular formula is C15H17BrN2O. The second kappa shape index (κ2) is 6.68. The first kappa shape index (κ1) is 14.0. The van der Waals surface area contributed by atoms with Crippen LogP contribution in [0.3, 0.4) is 0 Å². The number of aromatic nitrogens is 1. The first-order valence-electron chi connectivity index (χ1n) is 6.28. The number of rotatable bonds is 5. The summed E-state index contributed by atoms with van der Waals surface area (Å²) >= 11 is 3.48. The molecule has 2 aromatic rings. The Morgan fingerprint density at radius 2 is 2.00 bits per heavy atom. The van der Waals surface area contributed by atoms with Gasteiger partial charge in [0.15, 0.2) is 0 Å². The molecule has 0 aliphatic rings. The van der Waals surface area contributed by atoms with Crippen LogP contribution >= 0.6 is 15.9 Å². The quantitative estimate of drug-likeness (QED) is 0.902. The van der Waals surface area contributed by atoms with E-state index < -0.39 is 0 Å². The van der Waals surface area contributed by atoms with Gasteiger partial charge in [0.2, 0.25) is 0 Å². The predicted molar refractivity (Wildman–Crippen MR) is 80.6 cm³/mol. The Bertz CT molecular complexity index is 558. The van der Waals surface area contributed by atoms with E-state index >= 15 is 0 Å². The molecule has 1 aromatic carbocycles. The smallest absolute Gasteiger partial charge is 0.130 e. The zero-order valence-electron chi connectivity index (χ0n) is 11.1. The van der Waals surface area contributed by atoms with Gasteiger partial charge in [0, 0.05) is 23.3 Å². The fraction of sp³-hybridized carbons (Fsp3) is 0.267. The molecule has 0 radical (unpaired) electrons. The molecule has 0 amide bonds. The van der Waals surface area contributed by atoms with Gasteiger partial charge >= 0.3 is 0 Å². The molecule has 1 aromatic heterocycles. The van der Waals surface area contributed by atoms with Gasteiger partial charge in [-0.2, -0.15) is 0 Å². The van der Waals surface area contributed by atoms with Crippen molar-refractivity contribution in [3.05, 3.63) is 52.3 Å². The standard InChI is InChI=1S/C15H17BrN2O/c1-3-17-10-12-9-14(6-7-18-12)19-13-4-5-15(16)11(2)8-13/h4-9,17H,3,10H2,1-2H3. The predicted octanol–water partition coefficient (Wildman–Crippen LogP) is 4.05. The summed E-state index contributed by atoms with van der Waals surface area (Å²) in [6.45, 7) is 5.80. The Kier molecular flexibility index (Phi) is 4.93. The molecule has 0 spiro atoms. The van der Waals surface area contributed by atoms with Crippen LogP contribution in [0.1, 0.15) is 18.2 Å². The van der Waals surface area contributed by atoms with E-state index in [9.17, 15) is 0 Å². The molecule has 0 unspecified atom stereocenters. The van der Waals surface area contributed by atoms with Crippen molar-refractivity contribution < 1.29 is 4.74 Å². The van der Waals surface area contributed by atoms with Gasteiger partial charge in [-0.05, 0) is 43.3 Å². The van der Waals surface area contributed by atoms with Crippen molar-refractivity contribution in [3.8, 4) is 11.5 Å². The molecule has 0 saturated carbocycles. The fourth-order valence-electron chi connectivity index (χ4n) is 1.69. The van der Waals surface area contributed by atoms with E-state index in [1.807, 2.05) is 37.3 Å². The third-order valence-corrected chi connectivity index (χ3v) is 3.60. The van der Waals surface area contributed by atoms with Crippen molar-refractivity contribution in [2.24, 2.45) is 0 Å².